The molecule has 0 amide bonds. The van der Waals surface area contributed by atoms with E-state index < -0.39 is 0 Å². The Morgan fingerprint density at radius 1 is 1.18 bits per heavy atom. The molecule has 0 saturated carbocycles. The quantitative estimate of drug-likeness (QED) is 0.771. The Labute approximate surface area is 116 Å². The van der Waals surface area contributed by atoms with Crippen molar-refractivity contribution >= 4 is 52.4 Å². The summed E-state index contributed by atoms with van der Waals surface area (Å²) in [7, 11) is 0. The van der Waals surface area contributed by atoms with Gasteiger partial charge in [0.2, 0.25) is 0 Å². The zero-order valence-electron chi connectivity index (χ0n) is 8.12. The molecule has 1 aromatic carbocycles. The number of hydrogen-bond donors (Lipinski definition) is 0. The predicted molar refractivity (Wildman–Crippen MR) is 69.0 cm³/mol. The first-order valence-corrected chi connectivity index (χ1v) is 6.29. The Morgan fingerprint density at radius 3 is 2.35 bits per heavy atom. The van der Waals surface area contributed by atoms with Crippen LogP contribution in [0.1, 0.15) is 9.67 Å². The number of thiazole rings is 1. The third-order valence-electron chi connectivity index (χ3n) is 1.74. The summed E-state index contributed by atoms with van der Waals surface area (Å²) in [6.07, 6.45) is 0.623. The maximum Gasteiger partial charge on any atom is 0.280 e. The van der Waals surface area contributed by atoms with Gasteiger partial charge in [0, 0.05) is 10.0 Å². The Morgan fingerprint density at radius 2 is 1.82 bits per heavy atom. The molecule has 2 rings (SSSR count). The lowest BCUT2D eigenvalue weighted by Crippen LogP contribution is -1.82. The number of rotatable bonds is 3. The fourth-order valence-corrected chi connectivity index (χ4v) is 2.53. The van der Waals surface area contributed by atoms with Crippen LogP contribution in [0.3, 0.4) is 0 Å². The number of hydrogen-bond acceptors (Lipinski definition) is 4. The summed E-state index contributed by atoms with van der Waals surface area (Å²) in [5.74, 6) is 0.436. The normalized spacial score (nSPS) is 10.3. The maximum atomic E-state index is 10.6. The Kier molecular flexibility index (Phi) is 3.89. The van der Waals surface area contributed by atoms with Crippen molar-refractivity contribution in [2.24, 2.45) is 0 Å². The summed E-state index contributed by atoms with van der Waals surface area (Å²) in [6, 6.07) is 4.76. The highest BCUT2D eigenvalue weighted by molar-refractivity contribution is 7.15. The van der Waals surface area contributed by atoms with Crippen molar-refractivity contribution in [3.05, 3.63) is 38.3 Å². The lowest BCUT2D eigenvalue weighted by molar-refractivity contribution is 0.112. The van der Waals surface area contributed by atoms with E-state index in [1.807, 2.05) is 0 Å². The van der Waals surface area contributed by atoms with E-state index in [4.69, 9.17) is 39.5 Å². The SMILES string of the molecule is O=Cc1sc(Oc2cc(Cl)cc(Cl)c2)nc1Cl. The van der Waals surface area contributed by atoms with Crippen molar-refractivity contribution in [3.8, 4) is 10.9 Å². The van der Waals surface area contributed by atoms with Crippen LogP contribution in [0.2, 0.25) is 15.2 Å². The van der Waals surface area contributed by atoms with E-state index in [9.17, 15) is 4.79 Å². The van der Waals surface area contributed by atoms with Crippen molar-refractivity contribution in [2.75, 3.05) is 0 Å². The zero-order valence-corrected chi connectivity index (χ0v) is 11.2. The van der Waals surface area contributed by atoms with Crippen LogP contribution < -0.4 is 4.74 Å². The van der Waals surface area contributed by atoms with Gasteiger partial charge < -0.3 is 4.74 Å². The summed E-state index contributed by atoms with van der Waals surface area (Å²) in [5, 5.41) is 1.28. The van der Waals surface area contributed by atoms with Crippen LogP contribution in [-0.2, 0) is 0 Å². The van der Waals surface area contributed by atoms with Gasteiger partial charge in [-0.15, -0.1) is 0 Å². The summed E-state index contributed by atoms with van der Waals surface area (Å²) in [5.41, 5.74) is 0. The minimum Gasteiger partial charge on any atom is -0.431 e. The molecule has 0 fully saturated rings. The summed E-state index contributed by atoms with van der Waals surface area (Å²) in [4.78, 5) is 14.8. The molecule has 0 aliphatic heterocycles. The number of benzene rings is 1. The molecule has 0 bridgehead atoms. The zero-order chi connectivity index (χ0) is 12.4. The van der Waals surface area contributed by atoms with Crippen LogP contribution in [0, 0.1) is 0 Å². The fourth-order valence-electron chi connectivity index (χ4n) is 1.10. The molecule has 2 aromatic rings. The molecule has 3 nitrogen and oxygen atoms in total. The lowest BCUT2D eigenvalue weighted by Gasteiger charge is -2.02. The third-order valence-corrected chi connectivity index (χ3v) is 3.43. The van der Waals surface area contributed by atoms with E-state index in [1.165, 1.54) is 0 Å². The molecule has 0 radical (unpaired) electrons. The van der Waals surface area contributed by atoms with Gasteiger partial charge in [-0.3, -0.25) is 4.79 Å². The Bertz CT molecular complexity index is 550. The minimum atomic E-state index is 0.119. The number of aldehydes is 1. The Balaban J connectivity index is 2.27. The van der Waals surface area contributed by atoms with Crippen LogP contribution in [-0.4, -0.2) is 11.3 Å². The van der Waals surface area contributed by atoms with Crippen molar-refractivity contribution in [1.82, 2.24) is 4.98 Å². The molecule has 1 aromatic heterocycles. The largest absolute Gasteiger partial charge is 0.431 e. The third kappa shape index (κ3) is 3.10. The van der Waals surface area contributed by atoms with Gasteiger partial charge in [-0.1, -0.05) is 46.1 Å². The van der Waals surface area contributed by atoms with Gasteiger partial charge >= 0.3 is 0 Å². The highest BCUT2D eigenvalue weighted by Gasteiger charge is 2.10. The first-order valence-electron chi connectivity index (χ1n) is 4.34. The molecule has 0 unspecified atom stereocenters. The molecule has 0 atom stereocenters. The lowest BCUT2D eigenvalue weighted by atomic mass is 10.3. The van der Waals surface area contributed by atoms with Crippen LogP contribution in [0.25, 0.3) is 0 Å². The van der Waals surface area contributed by atoms with E-state index in [-0.39, 0.29) is 10.3 Å². The number of aromatic nitrogens is 1. The number of ether oxygens (including phenoxy) is 1. The second kappa shape index (κ2) is 5.23. The fraction of sp³-hybridized carbons (Fsp3) is 0. The first kappa shape index (κ1) is 12.6. The molecule has 0 N–H and O–H groups in total. The molecular weight excluding hydrogens is 305 g/mol. The van der Waals surface area contributed by atoms with Gasteiger partial charge in [0.05, 0.1) is 0 Å². The summed E-state index contributed by atoms with van der Waals surface area (Å²) in [6.45, 7) is 0. The molecule has 88 valence electrons. The highest BCUT2D eigenvalue weighted by Crippen LogP contribution is 2.33. The van der Waals surface area contributed by atoms with Gasteiger partial charge in [0.15, 0.2) is 11.4 Å². The van der Waals surface area contributed by atoms with Crippen LogP contribution in [0.5, 0.6) is 10.9 Å². The average Bonchev–Trinajstić information content (AvgIpc) is 2.57. The van der Waals surface area contributed by atoms with E-state index >= 15 is 0 Å². The van der Waals surface area contributed by atoms with Crippen LogP contribution in [0.4, 0.5) is 0 Å². The second-order valence-corrected chi connectivity index (χ2v) is 5.18. The maximum absolute atomic E-state index is 10.6. The smallest absolute Gasteiger partial charge is 0.280 e. The number of carbonyl (C=O) groups excluding carboxylic acids is 1. The predicted octanol–water partition coefficient (Wildman–Crippen LogP) is 4.71. The van der Waals surface area contributed by atoms with Crippen molar-refractivity contribution in [1.29, 1.82) is 0 Å². The number of nitrogens with zero attached hydrogens (tertiary/aromatic N) is 1. The van der Waals surface area contributed by atoms with Crippen molar-refractivity contribution < 1.29 is 9.53 Å². The summed E-state index contributed by atoms with van der Waals surface area (Å²) >= 11 is 18.4. The van der Waals surface area contributed by atoms with Crippen molar-refractivity contribution in [3.63, 3.8) is 0 Å². The van der Waals surface area contributed by atoms with Crippen LogP contribution in [0.15, 0.2) is 18.2 Å². The average molecular weight is 309 g/mol. The first-order chi connectivity index (χ1) is 8.08. The molecule has 1 heterocycles. The van der Waals surface area contributed by atoms with Crippen molar-refractivity contribution in [2.45, 2.75) is 0 Å². The molecule has 0 spiro atoms. The van der Waals surface area contributed by atoms with Gasteiger partial charge in [0.1, 0.15) is 10.6 Å². The van der Waals surface area contributed by atoms with Gasteiger partial charge in [0.25, 0.3) is 5.19 Å². The molecular formula is C10H4Cl3NO2S. The topological polar surface area (TPSA) is 39.2 Å². The monoisotopic (exact) mass is 307 g/mol. The highest BCUT2D eigenvalue weighted by atomic mass is 35.5. The van der Waals surface area contributed by atoms with E-state index in [1.54, 1.807) is 18.2 Å². The molecule has 7 heteroatoms. The van der Waals surface area contributed by atoms with E-state index in [2.05, 4.69) is 4.98 Å². The van der Waals surface area contributed by atoms with Gasteiger partial charge in [-0.25, -0.2) is 0 Å². The minimum absolute atomic E-state index is 0.119. The van der Waals surface area contributed by atoms with E-state index in [0.717, 1.165) is 11.3 Å². The molecule has 0 saturated heterocycles. The summed E-state index contributed by atoms with van der Waals surface area (Å²) < 4.78 is 5.40. The number of carbonyl (C=O) groups is 1. The Hall–Kier alpha value is -0.810. The van der Waals surface area contributed by atoms with Gasteiger partial charge in [-0.2, -0.15) is 4.98 Å². The number of halogens is 3. The molecule has 0 aliphatic rings. The standard InChI is InChI=1S/C10H4Cl3NO2S/c11-5-1-6(12)3-7(2-5)16-10-14-9(13)8(4-15)17-10/h1-4H. The molecule has 17 heavy (non-hydrogen) atoms. The van der Waals surface area contributed by atoms with E-state index in [0.29, 0.717) is 27.0 Å². The van der Waals surface area contributed by atoms with Gasteiger partial charge in [-0.05, 0) is 18.2 Å². The molecule has 0 aliphatic carbocycles. The second-order valence-electron chi connectivity index (χ2n) is 2.96. The van der Waals surface area contributed by atoms with Crippen LogP contribution >= 0.6 is 46.1 Å².